The number of hydrogen-bond donors (Lipinski definition) is 1. The summed E-state index contributed by atoms with van der Waals surface area (Å²) in [5.74, 6) is -1.68. The van der Waals surface area contributed by atoms with Crippen molar-refractivity contribution in [3.63, 3.8) is 0 Å². The Hall–Kier alpha value is -0.900. The van der Waals surface area contributed by atoms with Gasteiger partial charge in [-0.25, -0.2) is 8.78 Å². The number of halogens is 3. The van der Waals surface area contributed by atoms with Gasteiger partial charge >= 0.3 is 0 Å². The van der Waals surface area contributed by atoms with Crippen LogP contribution in [0.15, 0.2) is 29.2 Å². The van der Waals surface area contributed by atoms with Crippen molar-refractivity contribution in [1.29, 1.82) is 0 Å². The predicted octanol–water partition coefficient (Wildman–Crippen LogP) is 2.39. The highest BCUT2D eigenvalue weighted by Crippen LogP contribution is 2.33. The normalized spacial score (nSPS) is 35.6. The molecule has 0 saturated carbocycles. The minimum absolute atomic E-state index is 0.603. The molecule has 1 rings (SSSR count). The SMILES string of the molecule is ON=C[C@@H]1C=C(F)C=C[C@@]1(F)Cl. The fourth-order valence-corrected chi connectivity index (χ4v) is 1.04. The summed E-state index contributed by atoms with van der Waals surface area (Å²) in [4.78, 5) is 0. The number of rotatable bonds is 1. The van der Waals surface area contributed by atoms with Gasteiger partial charge in [0.15, 0.2) is 0 Å². The van der Waals surface area contributed by atoms with Crippen molar-refractivity contribution in [3.05, 3.63) is 24.1 Å². The number of nitrogens with zero attached hydrogens (tertiary/aromatic N) is 1. The Morgan fingerprint density at radius 3 is 3.00 bits per heavy atom. The molecule has 1 N–H and O–H groups in total. The zero-order valence-corrected chi connectivity index (χ0v) is 6.67. The maximum absolute atomic E-state index is 13.2. The first-order valence-corrected chi connectivity index (χ1v) is 3.56. The van der Waals surface area contributed by atoms with E-state index in [2.05, 4.69) is 5.16 Å². The fourth-order valence-electron chi connectivity index (χ4n) is 0.854. The largest absolute Gasteiger partial charge is 0.411 e. The second-order valence-corrected chi connectivity index (χ2v) is 2.93. The van der Waals surface area contributed by atoms with Crippen molar-refractivity contribution in [1.82, 2.24) is 0 Å². The topological polar surface area (TPSA) is 32.6 Å². The molecule has 0 aromatic heterocycles. The van der Waals surface area contributed by atoms with Crippen LogP contribution in [-0.2, 0) is 0 Å². The molecular weight excluding hydrogens is 188 g/mol. The van der Waals surface area contributed by atoms with Crippen molar-refractivity contribution in [3.8, 4) is 0 Å². The molecule has 0 aromatic rings. The maximum Gasteiger partial charge on any atom is 0.213 e. The molecule has 0 spiro atoms. The van der Waals surface area contributed by atoms with Gasteiger partial charge in [0.25, 0.3) is 0 Å². The molecule has 0 saturated heterocycles. The van der Waals surface area contributed by atoms with Crippen LogP contribution in [0.5, 0.6) is 0 Å². The molecule has 0 aromatic carbocycles. The smallest absolute Gasteiger partial charge is 0.213 e. The van der Waals surface area contributed by atoms with Crippen molar-refractivity contribution in [2.45, 2.75) is 5.13 Å². The van der Waals surface area contributed by atoms with Crippen LogP contribution in [-0.4, -0.2) is 16.5 Å². The minimum Gasteiger partial charge on any atom is -0.411 e. The summed E-state index contributed by atoms with van der Waals surface area (Å²) in [5.41, 5.74) is 0. The van der Waals surface area contributed by atoms with Crippen molar-refractivity contribution >= 4 is 17.8 Å². The van der Waals surface area contributed by atoms with E-state index in [1.807, 2.05) is 0 Å². The van der Waals surface area contributed by atoms with Crippen LogP contribution in [0.2, 0.25) is 0 Å². The summed E-state index contributed by atoms with van der Waals surface area (Å²) in [6, 6.07) is 0. The lowest BCUT2D eigenvalue weighted by Crippen LogP contribution is -2.26. The van der Waals surface area contributed by atoms with Gasteiger partial charge in [-0.3, -0.25) is 0 Å². The molecule has 0 unspecified atom stereocenters. The van der Waals surface area contributed by atoms with Gasteiger partial charge in [0.05, 0.1) is 12.1 Å². The van der Waals surface area contributed by atoms with E-state index < -0.39 is 16.9 Å². The van der Waals surface area contributed by atoms with Crippen LogP contribution in [0.3, 0.4) is 0 Å². The van der Waals surface area contributed by atoms with Gasteiger partial charge in [0.2, 0.25) is 5.13 Å². The highest BCUT2D eigenvalue weighted by molar-refractivity contribution is 6.25. The van der Waals surface area contributed by atoms with Crippen LogP contribution >= 0.6 is 11.6 Å². The van der Waals surface area contributed by atoms with Gasteiger partial charge in [-0.2, -0.15) is 0 Å². The third-order valence-corrected chi connectivity index (χ3v) is 1.85. The van der Waals surface area contributed by atoms with E-state index >= 15 is 0 Å². The van der Waals surface area contributed by atoms with Crippen LogP contribution in [0.25, 0.3) is 0 Å². The fraction of sp³-hybridized carbons (Fsp3) is 0.286. The van der Waals surface area contributed by atoms with Gasteiger partial charge in [-0.1, -0.05) is 11.6 Å². The van der Waals surface area contributed by atoms with Gasteiger partial charge in [0, 0.05) is 0 Å². The van der Waals surface area contributed by atoms with Crippen molar-refractivity contribution in [2.75, 3.05) is 0 Å². The standard InChI is InChI=1S/C7H6ClF2NO/c8-7(10)2-1-6(9)3-5(7)4-11-12/h1-5,12H/t5-,7-/m0/s1. The van der Waals surface area contributed by atoms with Gasteiger partial charge in [-0.15, -0.1) is 5.16 Å². The molecule has 5 heteroatoms. The first kappa shape index (κ1) is 9.19. The second kappa shape index (κ2) is 3.23. The molecule has 0 heterocycles. The Labute approximate surface area is 72.8 Å². The Balaban J connectivity index is 2.90. The number of allylic oxidation sites excluding steroid dienone is 4. The van der Waals surface area contributed by atoms with Crippen LogP contribution in [0, 0.1) is 5.92 Å². The lowest BCUT2D eigenvalue weighted by Gasteiger charge is -2.21. The van der Waals surface area contributed by atoms with E-state index in [1.165, 1.54) is 0 Å². The quantitative estimate of drug-likeness (QED) is 0.295. The lowest BCUT2D eigenvalue weighted by molar-refractivity contribution is 0.291. The first-order chi connectivity index (χ1) is 5.56. The molecule has 66 valence electrons. The molecule has 2 nitrogen and oxygen atoms in total. The van der Waals surface area contributed by atoms with E-state index in [9.17, 15) is 8.78 Å². The molecule has 0 radical (unpaired) electrons. The average molecular weight is 194 g/mol. The summed E-state index contributed by atoms with van der Waals surface area (Å²) >= 11 is 5.32. The molecule has 0 fully saturated rings. The van der Waals surface area contributed by atoms with Crippen LogP contribution in [0.4, 0.5) is 8.78 Å². The number of alkyl halides is 2. The summed E-state index contributed by atoms with van der Waals surface area (Å²) in [6.45, 7) is 0. The summed E-state index contributed by atoms with van der Waals surface area (Å²) in [7, 11) is 0. The van der Waals surface area contributed by atoms with Gasteiger partial charge in [0.1, 0.15) is 5.83 Å². The first-order valence-electron chi connectivity index (χ1n) is 3.18. The van der Waals surface area contributed by atoms with E-state index in [0.717, 1.165) is 24.4 Å². The predicted molar refractivity (Wildman–Crippen MR) is 41.8 cm³/mol. The lowest BCUT2D eigenvalue weighted by atomic mass is 9.99. The molecule has 0 bridgehead atoms. The average Bonchev–Trinajstić information content (AvgIpc) is 1.98. The molecule has 0 amide bonds. The summed E-state index contributed by atoms with van der Waals surface area (Å²) in [6.07, 6.45) is 3.56. The molecule has 1 aliphatic rings. The summed E-state index contributed by atoms with van der Waals surface area (Å²) < 4.78 is 25.7. The summed E-state index contributed by atoms with van der Waals surface area (Å²) in [5, 5.41) is 8.49. The van der Waals surface area contributed by atoms with Crippen LogP contribution < -0.4 is 0 Å². The minimum atomic E-state index is -2.21. The van der Waals surface area contributed by atoms with Crippen LogP contribution in [0.1, 0.15) is 0 Å². The Morgan fingerprint density at radius 2 is 2.42 bits per heavy atom. The highest BCUT2D eigenvalue weighted by Gasteiger charge is 2.34. The van der Waals surface area contributed by atoms with E-state index in [-0.39, 0.29) is 0 Å². The van der Waals surface area contributed by atoms with Crippen molar-refractivity contribution in [2.24, 2.45) is 11.1 Å². The third kappa shape index (κ3) is 1.82. The second-order valence-electron chi connectivity index (χ2n) is 2.35. The molecule has 1 aliphatic carbocycles. The van der Waals surface area contributed by atoms with Gasteiger partial charge in [-0.05, 0) is 18.2 Å². The maximum atomic E-state index is 13.2. The monoisotopic (exact) mass is 193 g/mol. The van der Waals surface area contributed by atoms with E-state index in [1.54, 1.807) is 0 Å². The van der Waals surface area contributed by atoms with E-state index in [4.69, 9.17) is 16.8 Å². The Kier molecular flexibility index (Phi) is 2.47. The van der Waals surface area contributed by atoms with Gasteiger partial charge < -0.3 is 5.21 Å². The third-order valence-electron chi connectivity index (χ3n) is 1.48. The van der Waals surface area contributed by atoms with E-state index in [0.29, 0.717) is 0 Å². The number of hydrogen-bond acceptors (Lipinski definition) is 2. The highest BCUT2D eigenvalue weighted by atomic mass is 35.5. The molecular formula is C7H6ClF2NO. The Morgan fingerprint density at radius 1 is 1.75 bits per heavy atom. The number of oxime groups is 1. The molecule has 2 atom stereocenters. The zero-order chi connectivity index (χ0) is 9.19. The van der Waals surface area contributed by atoms with Crippen molar-refractivity contribution < 1.29 is 14.0 Å². The Bertz CT molecular complexity index is 260. The molecule has 0 aliphatic heterocycles. The molecule has 12 heavy (non-hydrogen) atoms. The zero-order valence-electron chi connectivity index (χ0n) is 5.92.